The molecule has 23 heavy (non-hydrogen) atoms. The van der Waals surface area contributed by atoms with E-state index in [0.717, 1.165) is 50.5 Å². The molecule has 0 saturated carbocycles. The molecule has 0 N–H and O–H groups in total. The molecule has 0 fully saturated rings. The molecule has 0 atom stereocenters. The van der Waals surface area contributed by atoms with Gasteiger partial charge in [0.2, 0.25) is 0 Å². The third-order valence-electron chi connectivity index (χ3n) is 4.37. The standard InChI is InChI=1S/C18H20N4O/c1-2-5-15(6-3-1)12-22-17(11-19-20-22)14-21-9-4-7-18-16(13-21)8-10-23-18/h1-3,5-6,8,10-11H,4,7,9,12-14H2. The number of aryl methyl sites for hydroxylation is 1. The van der Waals surface area contributed by atoms with Gasteiger partial charge in [-0.1, -0.05) is 35.5 Å². The van der Waals surface area contributed by atoms with E-state index in [4.69, 9.17) is 4.42 Å². The SMILES string of the molecule is c1ccc(Cn2nncc2CN2CCCc3occc3C2)cc1. The average Bonchev–Trinajstić information content (AvgIpc) is 3.14. The number of fused-ring (bicyclic) bond motifs is 1. The Morgan fingerprint density at radius 2 is 2.00 bits per heavy atom. The molecule has 1 aliphatic rings. The first-order valence-electron chi connectivity index (χ1n) is 8.07. The molecule has 0 unspecified atom stereocenters. The quantitative estimate of drug-likeness (QED) is 0.743. The maximum absolute atomic E-state index is 5.57. The topological polar surface area (TPSA) is 47.1 Å². The highest BCUT2D eigenvalue weighted by Crippen LogP contribution is 2.21. The van der Waals surface area contributed by atoms with Crippen LogP contribution in [0.4, 0.5) is 0 Å². The minimum atomic E-state index is 0.765. The van der Waals surface area contributed by atoms with Crippen molar-refractivity contribution in [2.75, 3.05) is 6.54 Å². The van der Waals surface area contributed by atoms with Crippen LogP contribution in [-0.2, 0) is 26.1 Å². The van der Waals surface area contributed by atoms with Gasteiger partial charge in [-0.3, -0.25) is 4.90 Å². The summed E-state index contributed by atoms with van der Waals surface area (Å²) in [5, 5.41) is 8.37. The molecule has 118 valence electrons. The molecule has 0 aliphatic carbocycles. The number of rotatable bonds is 4. The Morgan fingerprint density at radius 1 is 1.09 bits per heavy atom. The Balaban J connectivity index is 1.48. The largest absolute Gasteiger partial charge is 0.469 e. The van der Waals surface area contributed by atoms with E-state index >= 15 is 0 Å². The number of benzene rings is 1. The molecule has 2 aromatic heterocycles. The van der Waals surface area contributed by atoms with E-state index in [1.807, 2.05) is 16.9 Å². The highest BCUT2D eigenvalue weighted by Gasteiger charge is 2.18. The summed E-state index contributed by atoms with van der Waals surface area (Å²) < 4.78 is 7.56. The van der Waals surface area contributed by atoms with Crippen molar-refractivity contribution in [2.24, 2.45) is 0 Å². The van der Waals surface area contributed by atoms with Gasteiger partial charge >= 0.3 is 0 Å². The molecule has 0 saturated heterocycles. The van der Waals surface area contributed by atoms with Gasteiger partial charge in [-0.25, -0.2) is 4.68 Å². The van der Waals surface area contributed by atoms with Crippen molar-refractivity contribution in [2.45, 2.75) is 32.5 Å². The third kappa shape index (κ3) is 3.19. The molecule has 0 bridgehead atoms. The van der Waals surface area contributed by atoms with Crippen molar-refractivity contribution >= 4 is 0 Å². The van der Waals surface area contributed by atoms with Crippen molar-refractivity contribution in [3.63, 3.8) is 0 Å². The van der Waals surface area contributed by atoms with Crippen LogP contribution in [0.2, 0.25) is 0 Å². The summed E-state index contributed by atoms with van der Waals surface area (Å²) in [6.07, 6.45) is 5.83. The predicted molar refractivity (Wildman–Crippen MR) is 86.7 cm³/mol. The minimum Gasteiger partial charge on any atom is -0.469 e. The van der Waals surface area contributed by atoms with Gasteiger partial charge in [-0.2, -0.15) is 0 Å². The maximum atomic E-state index is 5.57. The van der Waals surface area contributed by atoms with Crippen LogP contribution in [0.1, 0.15) is 29.0 Å². The lowest BCUT2D eigenvalue weighted by atomic mass is 10.2. The van der Waals surface area contributed by atoms with Crippen LogP contribution in [0.5, 0.6) is 0 Å². The van der Waals surface area contributed by atoms with E-state index in [-0.39, 0.29) is 0 Å². The van der Waals surface area contributed by atoms with E-state index in [0.29, 0.717) is 0 Å². The Hall–Kier alpha value is -2.40. The van der Waals surface area contributed by atoms with Gasteiger partial charge in [-0.15, -0.1) is 5.10 Å². The monoisotopic (exact) mass is 308 g/mol. The van der Waals surface area contributed by atoms with Crippen LogP contribution in [-0.4, -0.2) is 26.4 Å². The molecule has 0 amide bonds. The van der Waals surface area contributed by atoms with Crippen molar-refractivity contribution in [1.82, 2.24) is 19.9 Å². The molecule has 4 rings (SSSR count). The van der Waals surface area contributed by atoms with Crippen LogP contribution in [0, 0.1) is 0 Å². The number of aromatic nitrogens is 3. The Labute approximate surface area is 135 Å². The first kappa shape index (κ1) is 14.2. The second-order valence-electron chi connectivity index (χ2n) is 6.05. The van der Waals surface area contributed by atoms with Crippen LogP contribution < -0.4 is 0 Å². The molecular weight excluding hydrogens is 288 g/mol. The molecule has 5 nitrogen and oxygen atoms in total. The Morgan fingerprint density at radius 3 is 2.91 bits per heavy atom. The summed E-state index contributed by atoms with van der Waals surface area (Å²) >= 11 is 0. The van der Waals surface area contributed by atoms with E-state index < -0.39 is 0 Å². The molecule has 3 heterocycles. The van der Waals surface area contributed by atoms with E-state index in [2.05, 4.69) is 45.5 Å². The average molecular weight is 308 g/mol. The second kappa shape index (κ2) is 6.38. The van der Waals surface area contributed by atoms with Gasteiger partial charge in [0.25, 0.3) is 0 Å². The molecule has 0 radical (unpaired) electrons. The summed E-state index contributed by atoms with van der Waals surface area (Å²) in [6, 6.07) is 12.5. The first-order chi connectivity index (χ1) is 11.4. The Kier molecular flexibility index (Phi) is 3.94. The number of hydrogen-bond donors (Lipinski definition) is 0. The number of hydrogen-bond acceptors (Lipinski definition) is 4. The van der Waals surface area contributed by atoms with Crippen molar-refractivity contribution < 1.29 is 4.42 Å². The maximum Gasteiger partial charge on any atom is 0.108 e. The molecular formula is C18H20N4O. The summed E-state index contributed by atoms with van der Waals surface area (Å²) in [5.74, 6) is 1.14. The Bertz CT molecular complexity index is 762. The van der Waals surface area contributed by atoms with Crippen molar-refractivity contribution in [1.29, 1.82) is 0 Å². The van der Waals surface area contributed by atoms with Crippen molar-refractivity contribution in [3.8, 4) is 0 Å². The van der Waals surface area contributed by atoms with E-state index in [1.165, 1.54) is 11.1 Å². The summed E-state index contributed by atoms with van der Waals surface area (Å²) in [7, 11) is 0. The van der Waals surface area contributed by atoms with E-state index in [1.54, 1.807) is 6.26 Å². The molecule has 3 aromatic rings. The highest BCUT2D eigenvalue weighted by atomic mass is 16.3. The van der Waals surface area contributed by atoms with Gasteiger partial charge in [0.1, 0.15) is 5.76 Å². The zero-order valence-corrected chi connectivity index (χ0v) is 13.1. The zero-order chi connectivity index (χ0) is 15.5. The zero-order valence-electron chi connectivity index (χ0n) is 13.1. The first-order valence-corrected chi connectivity index (χ1v) is 8.07. The highest BCUT2D eigenvalue weighted by molar-refractivity contribution is 5.19. The smallest absolute Gasteiger partial charge is 0.108 e. The fraction of sp³-hybridized carbons (Fsp3) is 0.333. The van der Waals surface area contributed by atoms with Crippen LogP contribution >= 0.6 is 0 Å². The van der Waals surface area contributed by atoms with Gasteiger partial charge in [0, 0.05) is 25.1 Å². The van der Waals surface area contributed by atoms with Gasteiger partial charge in [-0.05, 0) is 24.6 Å². The lowest BCUT2D eigenvalue weighted by Gasteiger charge is -2.20. The summed E-state index contributed by atoms with van der Waals surface area (Å²) in [5.41, 5.74) is 3.71. The van der Waals surface area contributed by atoms with Crippen molar-refractivity contribution in [3.05, 3.63) is 71.4 Å². The number of nitrogens with zero attached hydrogens (tertiary/aromatic N) is 4. The predicted octanol–water partition coefficient (Wildman–Crippen LogP) is 2.87. The van der Waals surface area contributed by atoms with Crippen LogP contribution in [0.25, 0.3) is 0 Å². The summed E-state index contributed by atoms with van der Waals surface area (Å²) in [4.78, 5) is 2.45. The molecule has 1 aliphatic heterocycles. The van der Waals surface area contributed by atoms with Gasteiger partial charge < -0.3 is 4.42 Å². The second-order valence-corrected chi connectivity index (χ2v) is 6.05. The number of furan rings is 1. The lowest BCUT2D eigenvalue weighted by Crippen LogP contribution is -2.24. The fourth-order valence-electron chi connectivity index (χ4n) is 3.17. The fourth-order valence-corrected chi connectivity index (χ4v) is 3.17. The van der Waals surface area contributed by atoms with Crippen LogP contribution in [0.3, 0.4) is 0 Å². The third-order valence-corrected chi connectivity index (χ3v) is 4.37. The summed E-state index contributed by atoms with van der Waals surface area (Å²) in [6.45, 7) is 3.63. The molecule has 5 heteroatoms. The lowest BCUT2D eigenvalue weighted by molar-refractivity contribution is 0.253. The minimum absolute atomic E-state index is 0.765. The van der Waals surface area contributed by atoms with Gasteiger partial charge in [0.15, 0.2) is 0 Å². The van der Waals surface area contributed by atoms with Gasteiger partial charge in [0.05, 0.1) is 24.7 Å². The molecule has 1 aromatic carbocycles. The normalized spacial score (nSPS) is 15.3. The van der Waals surface area contributed by atoms with E-state index in [9.17, 15) is 0 Å². The molecule has 0 spiro atoms. The van der Waals surface area contributed by atoms with Crippen LogP contribution in [0.15, 0.2) is 53.3 Å².